The van der Waals surface area contributed by atoms with Crippen molar-refractivity contribution >= 4 is 42.6 Å². The van der Waals surface area contributed by atoms with Crippen LogP contribution >= 0.6 is 21.6 Å². The highest BCUT2D eigenvalue weighted by molar-refractivity contribution is 8.76. The first-order chi connectivity index (χ1) is 25.7. The Hall–Kier alpha value is -2.16. The summed E-state index contributed by atoms with van der Waals surface area (Å²) >= 11 is 0. The average molecular weight is 799 g/mol. The van der Waals surface area contributed by atoms with Crippen LogP contribution in [0.3, 0.4) is 0 Å². The summed E-state index contributed by atoms with van der Waals surface area (Å²) in [6, 6.07) is 6.33. The molecule has 0 bridgehead atoms. The lowest BCUT2D eigenvalue weighted by atomic mass is 9.50. The Bertz CT molecular complexity index is 1490. The molecule has 1 aliphatic heterocycles. The molecule has 2 saturated carbocycles. The van der Waals surface area contributed by atoms with Gasteiger partial charge in [-0.15, -0.1) is 0 Å². The number of nitrogens with zero attached hydrogens (tertiary/aromatic N) is 1. The second kappa shape index (κ2) is 18.9. The SMILES string of the molecule is [B][B]C(=C/C)/C=C(\C=C)OC(=O)N(CCOc1ccc2c(c1)CC[C@@H]1C2CC[C@@]2(C)C1CC[C@@H]2OCCCOC(C(F)(F)F)C(F)(F)F)[C@H]1CCSSC1. The minimum Gasteiger partial charge on any atom is -0.492 e. The van der Waals surface area contributed by atoms with Crippen molar-refractivity contribution in [3.63, 3.8) is 0 Å². The van der Waals surface area contributed by atoms with Gasteiger partial charge in [-0.1, -0.05) is 52.7 Å². The fourth-order valence-corrected chi connectivity index (χ4v) is 11.3. The molecule has 3 radical (unpaired) electrons. The van der Waals surface area contributed by atoms with Gasteiger partial charge < -0.3 is 23.8 Å². The van der Waals surface area contributed by atoms with Gasteiger partial charge >= 0.3 is 18.4 Å². The minimum absolute atomic E-state index is 0.0158. The van der Waals surface area contributed by atoms with Crippen LogP contribution < -0.4 is 4.74 Å². The Morgan fingerprint density at radius 2 is 1.87 bits per heavy atom. The van der Waals surface area contributed by atoms with Gasteiger partial charge in [-0.3, -0.25) is 0 Å². The number of ether oxygens (including phenoxy) is 4. The molecule has 0 aromatic heterocycles. The molecule has 6 atom stereocenters. The fraction of sp³-hybridized carbons (Fsp3) is 0.658. The summed E-state index contributed by atoms with van der Waals surface area (Å²) in [7, 11) is 10.6. The van der Waals surface area contributed by atoms with E-state index in [1.807, 2.05) is 19.1 Å². The summed E-state index contributed by atoms with van der Waals surface area (Å²) in [5, 5.41) is 0. The molecule has 1 amide bonds. The monoisotopic (exact) mass is 798 g/mol. The highest BCUT2D eigenvalue weighted by atomic mass is 33.1. The van der Waals surface area contributed by atoms with Crippen LogP contribution in [-0.2, 0) is 20.6 Å². The maximum Gasteiger partial charge on any atom is 0.423 e. The van der Waals surface area contributed by atoms with Crippen LogP contribution in [0.4, 0.5) is 31.1 Å². The molecular formula is C38H48B2F6NO5S2. The Labute approximate surface area is 324 Å². The molecule has 1 saturated heterocycles. The van der Waals surface area contributed by atoms with Gasteiger partial charge in [0.15, 0.2) is 0 Å². The van der Waals surface area contributed by atoms with Crippen LogP contribution in [0, 0.1) is 17.3 Å². The summed E-state index contributed by atoms with van der Waals surface area (Å²) in [5.74, 6) is 4.08. The highest BCUT2D eigenvalue weighted by Crippen LogP contribution is 2.61. The van der Waals surface area contributed by atoms with E-state index in [1.165, 1.54) is 24.4 Å². The van der Waals surface area contributed by atoms with E-state index in [9.17, 15) is 31.1 Å². The standard InChI is InChI=1S/C38H48B2F6NO5S2/c1-4-25(40-39)22-27(5-2)52-35(48)47(26-14-20-53-54-23-26)16-19-49-28-8-10-29-24(21-28)7-9-31-30(29)13-15-36(3)32(31)11-12-33(36)50-17-6-18-51-34(37(41,42)43)38(44,45)46/h4-5,8,10,21-22,26,30-34H,2,6-7,9,11-20,23H2,1,3H3/b25-4+,27-22+/t26-,30?,31+,32?,33-,36-/m0/s1. The number of carbonyl (C=O) groups is 1. The van der Waals surface area contributed by atoms with Gasteiger partial charge in [-0.25, -0.2) is 4.79 Å². The summed E-state index contributed by atoms with van der Waals surface area (Å²) in [6.07, 6.45) is -3.99. The number of hydrogen-bond donors (Lipinski definition) is 0. The molecule has 1 aromatic carbocycles. The first kappa shape index (κ1) is 43.0. The number of halogens is 6. The molecule has 5 rings (SSSR count). The molecule has 6 nitrogen and oxygen atoms in total. The number of hydrogen-bond acceptors (Lipinski definition) is 7. The first-order valence-electron chi connectivity index (χ1n) is 18.6. The van der Waals surface area contributed by atoms with Crippen molar-refractivity contribution in [3.05, 3.63) is 65.4 Å². The maximum atomic E-state index is 13.4. The van der Waals surface area contributed by atoms with Crippen LogP contribution in [0.2, 0.25) is 0 Å². The van der Waals surface area contributed by atoms with Gasteiger partial charge in [-0.2, -0.15) is 26.3 Å². The van der Waals surface area contributed by atoms with Crippen molar-refractivity contribution < 1.29 is 50.1 Å². The molecule has 4 aliphatic rings. The third-order valence-electron chi connectivity index (χ3n) is 11.5. The normalized spacial score (nSPS) is 27.5. The predicted octanol–water partition coefficient (Wildman–Crippen LogP) is 9.56. The van der Waals surface area contributed by atoms with E-state index < -0.39 is 31.2 Å². The van der Waals surface area contributed by atoms with Crippen LogP contribution in [0.25, 0.3) is 0 Å². The van der Waals surface area contributed by atoms with Crippen molar-refractivity contribution in [1.29, 1.82) is 0 Å². The smallest absolute Gasteiger partial charge is 0.423 e. The summed E-state index contributed by atoms with van der Waals surface area (Å²) in [6.45, 7) is 7.88. The van der Waals surface area contributed by atoms with Crippen molar-refractivity contribution in [3.8, 4) is 5.75 Å². The van der Waals surface area contributed by atoms with E-state index in [1.54, 1.807) is 32.6 Å². The van der Waals surface area contributed by atoms with Gasteiger partial charge in [0.25, 0.3) is 0 Å². The topological polar surface area (TPSA) is 57.2 Å². The minimum atomic E-state index is -5.51. The number of aryl methyl sites for hydroxylation is 1. The zero-order valence-corrected chi connectivity index (χ0v) is 32.4. The number of alkyl halides is 6. The molecule has 54 heavy (non-hydrogen) atoms. The molecule has 16 heteroatoms. The van der Waals surface area contributed by atoms with E-state index in [-0.39, 0.29) is 30.6 Å². The third kappa shape index (κ3) is 10.4. The number of fused-ring (bicyclic) bond motifs is 5. The van der Waals surface area contributed by atoms with Crippen LogP contribution in [0.5, 0.6) is 5.75 Å². The van der Waals surface area contributed by atoms with Crippen LogP contribution in [-0.4, -0.2) is 94.4 Å². The van der Waals surface area contributed by atoms with Crippen molar-refractivity contribution in [2.45, 2.75) is 102 Å². The van der Waals surface area contributed by atoms with Gasteiger partial charge in [0.1, 0.15) is 18.1 Å². The van der Waals surface area contributed by atoms with Gasteiger partial charge in [0.05, 0.1) is 19.8 Å². The average Bonchev–Trinajstić information content (AvgIpc) is 3.48. The zero-order chi connectivity index (χ0) is 39.1. The van der Waals surface area contributed by atoms with Crippen LogP contribution in [0.1, 0.15) is 75.8 Å². The highest BCUT2D eigenvalue weighted by Gasteiger charge is 2.58. The molecule has 3 fully saturated rings. The number of carbonyl (C=O) groups excluding carboxylic acids is 1. The summed E-state index contributed by atoms with van der Waals surface area (Å²) in [4.78, 5) is 15.2. The third-order valence-corrected chi connectivity index (χ3v) is 14.0. The van der Waals surface area contributed by atoms with Gasteiger partial charge in [-0.05, 0) is 117 Å². The predicted molar refractivity (Wildman–Crippen MR) is 203 cm³/mol. The Balaban J connectivity index is 1.15. The van der Waals surface area contributed by atoms with E-state index in [0.29, 0.717) is 42.1 Å². The number of allylic oxidation sites excluding steroid dienone is 4. The molecule has 3 aliphatic carbocycles. The molecule has 0 spiro atoms. The van der Waals surface area contributed by atoms with E-state index in [0.717, 1.165) is 62.2 Å². The quantitative estimate of drug-likeness (QED) is 0.0438. The lowest BCUT2D eigenvalue weighted by Gasteiger charge is -2.50. The molecule has 1 heterocycles. The number of benzene rings is 1. The zero-order valence-electron chi connectivity index (χ0n) is 30.8. The lowest BCUT2D eigenvalue weighted by molar-refractivity contribution is -0.322. The second-order valence-corrected chi connectivity index (χ2v) is 17.2. The second-order valence-electron chi connectivity index (χ2n) is 14.6. The maximum absolute atomic E-state index is 13.4. The Morgan fingerprint density at radius 1 is 1.09 bits per heavy atom. The van der Waals surface area contributed by atoms with E-state index in [2.05, 4.69) is 30.4 Å². The molecular weight excluding hydrogens is 750 g/mol. The number of amides is 1. The Morgan fingerprint density at radius 3 is 2.54 bits per heavy atom. The first-order valence-corrected chi connectivity index (χ1v) is 21.1. The molecule has 295 valence electrons. The number of rotatable bonds is 15. The fourth-order valence-electron chi connectivity index (χ4n) is 8.80. The lowest BCUT2D eigenvalue weighted by Crippen LogP contribution is -2.45. The van der Waals surface area contributed by atoms with Gasteiger partial charge in [0.2, 0.25) is 6.10 Å². The summed E-state index contributed by atoms with van der Waals surface area (Å²) < 4.78 is 99.1. The van der Waals surface area contributed by atoms with Gasteiger partial charge in [0, 0.05) is 38.5 Å². The van der Waals surface area contributed by atoms with E-state index in [4.69, 9.17) is 21.9 Å². The van der Waals surface area contributed by atoms with Crippen molar-refractivity contribution in [2.24, 2.45) is 17.3 Å². The molecule has 1 aromatic rings. The van der Waals surface area contributed by atoms with Crippen LogP contribution in [0.15, 0.2) is 54.2 Å². The molecule has 0 N–H and O–H groups in total. The Kier molecular flexibility index (Phi) is 15.0. The summed E-state index contributed by atoms with van der Waals surface area (Å²) in [5.41, 5.74) is 3.21. The van der Waals surface area contributed by atoms with Crippen molar-refractivity contribution in [1.82, 2.24) is 4.90 Å². The largest absolute Gasteiger partial charge is 0.492 e. The van der Waals surface area contributed by atoms with Crippen molar-refractivity contribution in [2.75, 3.05) is 37.9 Å². The van der Waals surface area contributed by atoms with E-state index >= 15 is 0 Å². The molecule has 2 unspecified atom stereocenters.